The van der Waals surface area contributed by atoms with Crippen LogP contribution in [0.25, 0.3) is 0 Å². The first-order valence-corrected chi connectivity index (χ1v) is 8.78. The van der Waals surface area contributed by atoms with Gasteiger partial charge in [0.15, 0.2) is 11.5 Å². The van der Waals surface area contributed by atoms with Gasteiger partial charge in [-0.3, -0.25) is 9.59 Å². The van der Waals surface area contributed by atoms with Crippen molar-refractivity contribution in [2.24, 2.45) is 5.92 Å². The molecule has 0 aliphatic heterocycles. The van der Waals surface area contributed by atoms with E-state index in [-0.39, 0.29) is 17.7 Å². The molecule has 0 radical (unpaired) electrons. The van der Waals surface area contributed by atoms with Crippen molar-refractivity contribution in [2.75, 3.05) is 24.9 Å². The van der Waals surface area contributed by atoms with Crippen LogP contribution >= 0.6 is 11.3 Å². The van der Waals surface area contributed by atoms with Gasteiger partial charge in [-0.15, -0.1) is 11.3 Å². The molecule has 3 rings (SSSR count). The van der Waals surface area contributed by atoms with Gasteiger partial charge in [-0.2, -0.15) is 0 Å². The zero-order valence-corrected chi connectivity index (χ0v) is 15.2. The Morgan fingerprint density at radius 2 is 1.80 bits per heavy atom. The number of amides is 2. The molecule has 1 aliphatic rings. The highest BCUT2D eigenvalue weighted by molar-refractivity contribution is 7.18. The maximum Gasteiger partial charge on any atom is 0.266 e. The fourth-order valence-electron chi connectivity index (χ4n) is 2.44. The summed E-state index contributed by atoms with van der Waals surface area (Å²) in [6, 6.07) is 7.01. The largest absolute Gasteiger partial charge is 0.493 e. The molecule has 2 aromatic rings. The van der Waals surface area contributed by atoms with Crippen LogP contribution in [0, 0.1) is 12.8 Å². The molecule has 1 fully saturated rings. The summed E-state index contributed by atoms with van der Waals surface area (Å²) in [5, 5.41) is 6.43. The first-order chi connectivity index (χ1) is 12.0. The van der Waals surface area contributed by atoms with E-state index in [4.69, 9.17) is 9.47 Å². The van der Waals surface area contributed by atoms with Gasteiger partial charge in [0.25, 0.3) is 5.91 Å². The third-order valence-electron chi connectivity index (χ3n) is 3.96. The van der Waals surface area contributed by atoms with E-state index in [1.165, 1.54) is 11.3 Å². The van der Waals surface area contributed by atoms with Crippen molar-refractivity contribution in [3.63, 3.8) is 0 Å². The fourth-order valence-corrected chi connectivity index (χ4v) is 3.41. The maximum atomic E-state index is 12.5. The lowest BCUT2D eigenvalue weighted by Crippen LogP contribution is -2.12. The van der Waals surface area contributed by atoms with Crippen LogP contribution in [-0.2, 0) is 4.79 Å². The number of benzene rings is 1. The molecule has 2 amide bonds. The Morgan fingerprint density at radius 3 is 2.44 bits per heavy atom. The Labute approximate surface area is 150 Å². The zero-order chi connectivity index (χ0) is 18.0. The smallest absolute Gasteiger partial charge is 0.266 e. The lowest BCUT2D eigenvalue weighted by molar-refractivity contribution is -0.117. The minimum Gasteiger partial charge on any atom is -0.493 e. The molecule has 0 spiro atoms. The molecule has 1 aliphatic carbocycles. The highest BCUT2D eigenvalue weighted by atomic mass is 32.1. The number of aryl methyl sites for hydroxylation is 1. The van der Waals surface area contributed by atoms with E-state index in [0.29, 0.717) is 27.1 Å². The maximum absolute atomic E-state index is 12.5. The molecule has 0 atom stereocenters. The molecule has 132 valence electrons. The Morgan fingerprint density at radius 1 is 1.08 bits per heavy atom. The predicted octanol–water partition coefficient (Wildman–Crippen LogP) is 3.67. The highest BCUT2D eigenvalue weighted by Gasteiger charge is 2.30. The van der Waals surface area contributed by atoms with Gasteiger partial charge in [-0.05, 0) is 43.5 Å². The second kappa shape index (κ2) is 7.14. The summed E-state index contributed by atoms with van der Waals surface area (Å²) in [6.07, 6.45) is 1.89. The number of ether oxygens (including phenoxy) is 2. The molecule has 7 heteroatoms. The molecule has 1 aromatic carbocycles. The second-order valence-electron chi connectivity index (χ2n) is 5.91. The van der Waals surface area contributed by atoms with Gasteiger partial charge in [0, 0.05) is 17.7 Å². The molecule has 1 saturated carbocycles. The summed E-state index contributed by atoms with van der Waals surface area (Å²) in [5.41, 5.74) is 1.44. The monoisotopic (exact) mass is 360 g/mol. The van der Waals surface area contributed by atoms with Crippen molar-refractivity contribution >= 4 is 33.8 Å². The molecule has 1 aromatic heterocycles. The molecule has 6 nitrogen and oxygen atoms in total. The number of carbonyl (C=O) groups is 2. The molecule has 25 heavy (non-hydrogen) atoms. The molecule has 0 saturated heterocycles. The van der Waals surface area contributed by atoms with Gasteiger partial charge in [-0.1, -0.05) is 0 Å². The molecule has 0 unspecified atom stereocenters. The van der Waals surface area contributed by atoms with Crippen LogP contribution in [0.3, 0.4) is 0 Å². The third-order valence-corrected chi connectivity index (χ3v) is 5.11. The average molecular weight is 360 g/mol. The zero-order valence-electron chi connectivity index (χ0n) is 14.3. The van der Waals surface area contributed by atoms with Crippen LogP contribution < -0.4 is 20.1 Å². The average Bonchev–Trinajstić information content (AvgIpc) is 3.38. The number of rotatable bonds is 6. The normalized spacial score (nSPS) is 13.2. The van der Waals surface area contributed by atoms with E-state index in [1.807, 2.05) is 13.0 Å². The number of hydrogen-bond donors (Lipinski definition) is 2. The van der Waals surface area contributed by atoms with Gasteiger partial charge < -0.3 is 20.1 Å². The van der Waals surface area contributed by atoms with E-state index in [1.54, 1.807) is 32.4 Å². The SMILES string of the molecule is COc1ccc(NC(=O)c2sc(NC(=O)C3CC3)cc2C)cc1OC. The van der Waals surface area contributed by atoms with E-state index in [2.05, 4.69) is 10.6 Å². The van der Waals surface area contributed by atoms with Crippen LogP contribution in [0.5, 0.6) is 11.5 Å². The lowest BCUT2D eigenvalue weighted by atomic mass is 10.2. The first-order valence-electron chi connectivity index (χ1n) is 7.96. The van der Waals surface area contributed by atoms with Crippen molar-refractivity contribution in [3.8, 4) is 11.5 Å². The summed E-state index contributed by atoms with van der Waals surface area (Å²) in [4.78, 5) is 25.0. The Kier molecular flexibility index (Phi) is 4.94. The Hall–Kier alpha value is -2.54. The van der Waals surface area contributed by atoms with E-state index < -0.39 is 0 Å². The second-order valence-corrected chi connectivity index (χ2v) is 6.96. The van der Waals surface area contributed by atoms with Crippen LogP contribution in [0.15, 0.2) is 24.3 Å². The van der Waals surface area contributed by atoms with Crippen molar-refractivity contribution in [1.82, 2.24) is 0 Å². The van der Waals surface area contributed by atoms with Gasteiger partial charge >= 0.3 is 0 Å². The molecular weight excluding hydrogens is 340 g/mol. The quantitative estimate of drug-likeness (QED) is 0.824. The number of anilines is 2. The van der Waals surface area contributed by atoms with Crippen LogP contribution in [0.2, 0.25) is 0 Å². The number of methoxy groups -OCH3 is 2. The highest BCUT2D eigenvalue weighted by Crippen LogP contribution is 2.34. The topological polar surface area (TPSA) is 76.7 Å². The summed E-state index contributed by atoms with van der Waals surface area (Å²) in [7, 11) is 3.10. The van der Waals surface area contributed by atoms with Crippen molar-refractivity contribution in [1.29, 1.82) is 0 Å². The van der Waals surface area contributed by atoms with Crippen LogP contribution in [0.4, 0.5) is 10.7 Å². The van der Waals surface area contributed by atoms with E-state index in [0.717, 1.165) is 18.4 Å². The van der Waals surface area contributed by atoms with Crippen molar-refractivity contribution in [3.05, 3.63) is 34.7 Å². The Balaban J connectivity index is 1.72. The van der Waals surface area contributed by atoms with Gasteiger partial charge in [-0.25, -0.2) is 0 Å². The van der Waals surface area contributed by atoms with Crippen LogP contribution in [0.1, 0.15) is 28.1 Å². The number of nitrogens with one attached hydrogen (secondary N) is 2. The standard InChI is InChI=1S/C18H20N2O4S/c1-10-8-15(20-17(21)11-4-5-11)25-16(10)18(22)19-12-6-7-13(23-2)14(9-12)24-3/h6-9,11H,4-5H2,1-3H3,(H,19,22)(H,20,21). The summed E-state index contributed by atoms with van der Waals surface area (Å²) in [5.74, 6) is 1.08. The van der Waals surface area contributed by atoms with Gasteiger partial charge in [0.05, 0.1) is 24.1 Å². The predicted molar refractivity (Wildman–Crippen MR) is 97.9 cm³/mol. The molecule has 1 heterocycles. The summed E-state index contributed by atoms with van der Waals surface area (Å²) >= 11 is 1.28. The molecular formula is C18H20N2O4S. The van der Waals surface area contributed by atoms with Crippen molar-refractivity contribution < 1.29 is 19.1 Å². The van der Waals surface area contributed by atoms with E-state index >= 15 is 0 Å². The molecule has 2 N–H and O–H groups in total. The third kappa shape index (κ3) is 3.93. The molecule has 0 bridgehead atoms. The summed E-state index contributed by atoms with van der Waals surface area (Å²) < 4.78 is 10.4. The number of thiophene rings is 1. The van der Waals surface area contributed by atoms with Gasteiger partial charge in [0.2, 0.25) is 5.91 Å². The summed E-state index contributed by atoms with van der Waals surface area (Å²) in [6.45, 7) is 1.85. The van der Waals surface area contributed by atoms with Gasteiger partial charge in [0.1, 0.15) is 0 Å². The fraction of sp³-hybridized carbons (Fsp3) is 0.333. The number of hydrogen-bond acceptors (Lipinski definition) is 5. The minimum absolute atomic E-state index is 0.0353. The number of carbonyl (C=O) groups excluding carboxylic acids is 2. The minimum atomic E-state index is -0.221. The van der Waals surface area contributed by atoms with E-state index in [9.17, 15) is 9.59 Å². The van der Waals surface area contributed by atoms with Crippen LogP contribution in [-0.4, -0.2) is 26.0 Å². The Bertz CT molecular complexity index is 811. The first kappa shape index (κ1) is 17.3. The van der Waals surface area contributed by atoms with Crippen molar-refractivity contribution in [2.45, 2.75) is 19.8 Å². The lowest BCUT2D eigenvalue weighted by Gasteiger charge is -2.10.